The molecule has 0 saturated carbocycles. The van der Waals surface area contributed by atoms with E-state index >= 15 is 0 Å². The molecule has 0 aromatic heterocycles. The lowest BCUT2D eigenvalue weighted by Crippen LogP contribution is -1.78. The summed E-state index contributed by atoms with van der Waals surface area (Å²) in [6, 6.07) is 0. The summed E-state index contributed by atoms with van der Waals surface area (Å²) in [5.74, 6) is -4.17. The minimum absolute atomic E-state index is 0.833. The number of rotatable bonds is 0. The van der Waals surface area contributed by atoms with Crippen LogP contribution in [0, 0.1) is 0 Å². The lowest BCUT2D eigenvalue weighted by atomic mass is 10.9. The molecule has 0 saturated heterocycles. The van der Waals surface area contributed by atoms with E-state index in [1.807, 2.05) is 0 Å². The van der Waals surface area contributed by atoms with Gasteiger partial charge in [-0.1, -0.05) is 0 Å². The van der Waals surface area contributed by atoms with Gasteiger partial charge in [-0.2, -0.15) is 0 Å². The van der Waals surface area contributed by atoms with Crippen LogP contribution in [0.1, 0.15) is 34.6 Å². The first-order chi connectivity index (χ1) is 9.66. The molecule has 5 N–H and O–H groups in total. The Morgan fingerprint density at radius 1 is 0.455 bits per heavy atom. The van der Waals surface area contributed by atoms with E-state index in [1.54, 1.807) is 0 Å². The Hall–Kier alpha value is -2.91. The third-order valence-corrected chi connectivity index (χ3v) is 0. The molecule has 0 aliphatic heterocycles. The predicted molar refractivity (Wildman–Crippen MR) is 77.8 cm³/mol. The van der Waals surface area contributed by atoms with Crippen molar-refractivity contribution in [2.75, 3.05) is 0 Å². The molecular formula is C12H24O10. The van der Waals surface area contributed by atoms with E-state index in [0.717, 1.165) is 34.6 Å². The van der Waals surface area contributed by atoms with Gasteiger partial charge < -0.3 is 25.5 Å². The van der Waals surface area contributed by atoms with Gasteiger partial charge in [-0.3, -0.25) is 24.0 Å². The summed E-state index contributed by atoms with van der Waals surface area (Å²) >= 11 is 0. The molecule has 0 bridgehead atoms. The van der Waals surface area contributed by atoms with Gasteiger partial charge in [0, 0.05) is 34.6 Å². The van der Waals surface area contributed by atoms with E-state index in [-0.39, 0.29) is 0 Å². The second kappa shape index (κ2) is 36.1. The summed E-state index contributed by atoms with van der Waals surface area (Å²) in [7, 11) is 0. The maximum absolute atomic E-state index is 9.00. The molecule has 0 atom stereocenters. The van der Waals surface area contributed by atoms with Crippen LogP contribution < -0.4 is 0 Å². The first kappa shape index (κ1) is 36.5. The van der Waals surface area contributed by atoms with Crippen LogP contribution in [-0.2, 0) is 24.0 Å². The van der Waals surface area contributed by atoms with Crippen molar-refractivity contribution in [3.05, 3.63) is 13.2 Å². The molecule has 10 nitrogen and oxygen atoms in total. The summed E-state index contributed by atoms with van der Waals surface area (Å²) in [4.78, 5) is 45.0. The molecule has 0 rings (SSSR count). The topological polar surface area (TPSA) is 186 Å². The van der Waals surface area contributed by atoms with Crippen molar-refractivity contribution in [1.29, 1.82) is 0 Å². The summed E-state index contributed by atoms with van der Waals surface area (Å²) in [5.41, 5.74) is 0. The van der Waals surface area contributed by atoms with E-state index in [9.17, 15) is 0 Å². The molecule has 0 aromatic rings. The highest BCUT2D eigenvalue weighted by Crippen LogP contribution is 1.43. The molecule has 0 aliphatic carbocycles. The van der Waals surface area contributed by atoms with Crippen molar-refractivity contribution in [3.8, 4) is 0 Å². The monoisotopic (exact) mass is 328 g/mol. The van der Waals surface area contributed by atoms with Gasteiger partial charge in [0.25, 0.3) is 29.8 Å². The van der Waals surface area contributed by atoms with Crippen LogP contribution in [0.2, 0.25) is 0 Å². The van der Waals surface area contributed by atoms with Gasteiger partial charge in [-0.25, -0.2) is 0 Å². The Bertz CT molecular complexity index is 219. The van der Waals surface area contributed by atoms with Crippen molar-refractivity contribution >= 4 is 29.8 Å². The zero-order chi connectivity index (χ0) is 19.9. The maximum atomic E-state index is 9.00. The average Bonchev–Trinajstić information content (AvgIpc) is 2.14. The molecule has 0 aromatic carbocycles. The predicted octanol–water partition coefficient (Wildman–Crippen LogP) is 1.26. The number of hydrogen-bond donors (Lipinski definition) is 5. The van der Waals surface area contributed by atoms with E-state index < -0.39 is 29.8 Å². The largest absolute Gasteiger partial charge is 0.481 e. The second-order valence-electron chi connectivity index (χ2n) is 2.60. The fourth-order valence-electron chi connectivity index (χ4n) is 0. The van der Waals surface area contributed by atoms with Crippen LogP contribution in [0.25, 0.3) is 0 Å². The quantitative estimate of drug-likeness (QED) is 0.405. The zero-order valence-electron chi connectivity index (χ0n) is 13.2. The van der Waals surface area contributed by atoms with E-state index in [1.165, 1.54) is 0 Å². The van der Waals surface area contributed by atoms with Crippen LogP contribution in [-0.4, -0.2) is 55.4 Å². The van der Waals surface area contributed by atoms with Crippen LogP contribution in [0.4, 0.5) is 0 Å². The van der Waals surface area contributed by atoms with Crippen molar-refractivity contribution in [2.45, 2.75) is 34.6 Å². The Morgan fingerprint density at radius 3 is 0.455 bits per heavy atom. The highest BCUT2D eigenvalue weighted by Gasteiger charge is 1.66. The van der Waals surface area contributed by atoms with Crippen LogP contribution in [0.15, 0.2) is 13.2 Å². The Balaban J connectivity index is -0.0000000353. The Labute approximate surface area is 128 Å². The Morgan fingerprint density at radius 2 is 0.455 bits per heavy atom. The number of carboxylic acids is 5. The van der Waals surface area contributed by atoms with Gasteiger partial charge in [0.15, 0.2) is 0 Å². The molecule has 0 fully saturated rings. The molecule has 0 unspecified atom stereocenters. The molecule has 0 spiro atoms. The van der Waals surface area contributed by atoms with Crippen molar-refractivity contribution < 1.29 is 49.5 Å². The van der Waals surface area contributed by atoms with E-state index in [4.69, 9.17) is 49.5 Å². The van der Waals surface area contributed by atoms with Gasteiger partial charge in [-0.15, -0.1) is 13.2 Å². The average molecular weight is 328 g/mol. The maximum Gasteiger partial charge on any atom is 0.300 e. The van der Waals surface area contributed by atoms with Crippen LogP contribution >= 0.6 is 0 Å². The highest BCUT2D eigenvalue weighted by atomic mass is 16.4. The highest BCUT2D eigenvalue weighted by molar-refractivity contribution is 5.63. The lowest BCUT2D eigenvalue weighted by molar-refractivity contribution is -0.135. The minimum atomic E-state index is -0.833. The van der Waals surface area contributed by atoms with Gasteiger partial charge in [0.2, 0.25) is 0 Å². The SMILES string of the molecule is C=C.CC(=O)O.CC(=O)O.CC(=O)O.CC(=O)O.CC(=O)O. The van der Waals surface area contributed by atoms with Gasteiger partial charge >= 0.3 is 0 Å². The molecule has 0 heterocycles. The number of aliphatic carboxylic acids is 5. The number of carboxylic acid groups (broad SMARTS) is 5. The van der Waals surface area contributed by atoms with Gasteiger partial charge in [0.1, 0.15) is 0 Å². The first-order valence-corrected chi connectivity index (χ1v) is 5.14. The minimum Gasteiger partial charge on any atom is -0.481 e. The summed E-state index contributed by atoms with van der Waals surface area (Å²) < 4.78 is 0. The second-order valence-corrected chi connectivity index (χ2v) is 2.60. The lowest BCUT2D eigenvalue weighted by Gasteiger charge is -1.59. The summed E-state index contributed by atoms with van der Waals surface area (Å²) in [5, 5.41) is 37.1. The normalized spacial score (nSPS) is 5.86. The first-order valence-electron chi connectivity index (χ1n) is 5.14. The number of carbonyl (C=O) groups is 5. The standard InChI is InChI=1S/5C2H4O2.C2H4/c5*1-2(3)4;1-2/h5*1H3,(H,3,4);1-2H2. The molecule has 0 radical (unpaired) electrons. The molecule has 22 heavy (non-hydrogen) atoms. The summed E-state index contributed by atoms with van der Waals surface area (Å²) in [6.07, 6.45) is 0. The Kier molecular flexibility index (Phi) is 59.9. The molecular weight excluding hydrogens is 304 g/mol. The molecule has 10 heteroatoms. The smallest absolute Gasteiger partial charge is 0.300 e. The van der Waals surface area contributed by atoms with Gasteiger partial charge in [0.05, 0.1) is 0 Å². The molecule has 132 valence electrons. The third-order valence-electron chi connectivity index (χ3n) is 0. The summed E-state index contributed by atoms with van der Waals surface area (Å²) in [6.45, 7) is 11.4. The van der Waals surface area contributed by atoms with Crippen molar-refractivity contribution in [1.82, 2.24) is 0 Å². The number of hydrogen-bond acceptors (Lipinski definition) is 5. The molecule has 0 aliphatic rings. The van der Waals surface area contributed by atoms with E-state index in [0.29, 0.717) is 0 Å². The van der Waals surface area contributed by atoms with Crippen molar-refractivity contribution in [3.63, 3.8) is 0 Å². The fraction of sp³-hybridized carbons (Fsp3) is 0.417. The molecule has 0 amide bonds. The fourth-order valence-corrected chi connectivity index (χ4v) is 0. The van der Waals surface area contributed by atoms with Crippen LogP contribution in [0.5, 0.6) is 0 Å². The van der Waals surface area contributed by atoms with Crippen LogP contribution in [0.3, 0.4) is 0 Å². The van der Waals surface area contributed by atoms with E-state index in [2.05, 4.69) is 13.2 Å². The van der Waals surface area contributed by atoms with Gasteiger partial charge in [-0.05, 0) is 0 Å². The zero-order valence-corrected chi connectivity index (χ0v) is 13.2. The third kappa shape index (κ3) is 522. The van der Waals surface area contributed by atoms with Crippen molar-refractivity contribution in [2.24, 2.45) is 0 Å².